The second-order valence-electron chi connectivity index (χ2n) is 4.14. The molecule has 0 radical (unpaired) electrons. The fourth-order valence-electron chi connectivity index (χ4n) is 1.67. The molecule has 0 aliphatic rings. The molecule has 4 nitrogen and oxygen atoms in total. The normalized spacial score (nSPS) is 10.4. The van der Waals surface area contributed by atoms with E-state index in [4.69, 9.17) is 14.3 Å². The van der Waals surface area contributed by atoms with Gasteiger partial charge >= 0.3 is 5.97 Å². The van der Waals surface area contributed by atoms with Crippen molar-refractivity contribution in [3.63, 3.8) is 0 Å². The Labute approximate surface area is 111 Å². The molecule has 1 heterocycles. The number of carbonyl (C=O) groups is 1. The Kier molecular flexibility index (Phi) is 4.36. The SMILES string of the molecule is CCCOC(=O)c1ccc(-c2ccc(CO)o2)cc1. The highest BCUT2D eigenvalue weighted by atomic mass is 16.5. The summed E-state index contributed by atoms with van der Waals surface area (Å²) in [5.41, 5.74) is 1.37. The molecule has 0 saturated heterocycles. The van der Waals surface area contributed by atoms with Crippen LogP contribution in [0.3, 0.4) is 0 Å². The van der Waals surface area contributed by atoms with Crippen LogP contribution in [0.15, 0.2) is 40.8 Å². The molecule has 0 saturated carbocycles. The van der Waals surface area contributed by atoms with E-state index in [1.807, 2.05) is 6.92 Å². The maximum absolute atomic E-state index is 11.6. The molecule has 2 aromatic rings. The molecule has 19 heavy (non-hydrogen) atoms. The lowest BCUT2D eigenvalue weighted by Crippen LogP contribution is -2.05. The van der Waals surface area contributed by atoms with Crippen LogP contribution < -0.4 is 0 Å². The first-order valence-corrected chi connectivity index (χ1v) is 6.21. The number of carbonyl (C=O) groups excluding carboxylic acids is 1. The summed E-state index contributed by atoms with van der Waals surface area (Å²) in [6.07, 6.45) is 0.806. The van der Waals surface area contributed by atoms with Crippen LogP contribution in [0.25, 0.3) is 11.3 Å². The minimum absolute atomic E-state index is 0.124. The molecule has 0 amide bonds. The van der Waals surface area contributed by atoms with Crippen molar-refractivity contribution < 1.29 is 19.1 Å². The van der Waals surface area contributed by atoms with E-state index in [2.05, 4.69) is 0 Å². The van der Waals surface area contributed by atoms with E-state index in [0.29, 0.717) is 23.7 Å². The predicted octanol–water partition coefficient (Wildman–Crippen LogP) is 3.01. The summed E-state index contributed by atoms with van der Waals surface area (Å²) in [5, 5.41) is 8.94. The summed E-state index contributed by atoms with van der Waals surface area (Å²) in [5.74, 6) is 0.864. The molecule has 1 aromatic carbocycles. The van der Waals surface area contributed by atoms with E-state index < -0.39 is 0 Å². The first-order chi connectivity index (χ1) is 9.24. The number of ether oxygens (including phenoxy) is 1. The summed E-state index contributed by atoms with van der Waals surface area (Å²) in [7, 11) is 0. The third-order valence-corrected chi connectivity index (χ3v) is 2.66. The molecule has 1 N–H and O–H groups in total. The van der Waals surface area contributed by atoms with Gasteiger partial charge in [-0.3, -0.25) is 0 Å². The van der Waals surface area contributed by atoms with Gasteiger partial charge < -0.3 is 14.3 Å². The maximum atomic E-state index is 11.6. The van der Waals surface area contributed by atoms with Gasteiger partial charge in [-0.05, 0) is 30.7 Å². The summed E-state index contributed by atoms with van der Waals surface area (Å²) < 4.78 is 10.5. The van der Waals surface area contributed by atoms with E-state index in [9.17, 15) is 4.79 Å². The molecule has 0 fully saturated rings. The Hall–Kier alpha value is -2.07. The number of aliphatic hydroxyl groups is 1. The van der Waals surface area contributed by atoms with Crippen LogP contribution in [0.2, 0.25) is 0 Å². The van der Waals surface area contributed by atoms with Crippen molar-refractivity contribution in [3.05, 3.63) is 47.7 Å². The first-order valence-electron chi connectivity index (χ1n) is 6.21. The number of aliphatic hydroxyl groups excluding tert-OH is 1. The highest BCUT2D eigenvalue weighted by Crippen LogP contribution is 2.22. The average molecular weight is 260 g/mol. The van der Waals surface area contributed by atoms with Crippen molar-refractivity contribution in [1.29, 1.82) is 0 Å². The van der Waals surface area contributed by atoms with Gasteiger partial charge in [-0.15, -0.1) is 0 Å². The second kappa shape index (κ2) is 6.20. The van der Waals surface area contributed by atoms with E-state index in [1.54, 1.807) is 36.4 Å². The topological polar surface area (TPSA) is 59.7 Å². The summed E-state index contributed by atoms with van der Waals surface area (Å²) in [6, 6.07) is 10.5. The average Bonchev–Trinajstić information content (AvgIpc) is 2.94. The minimum Gasteiger partial charge on any atom is -0.462 e. The Bertz CT molecular complexity index is 540. The highest BCUT2D eigenvalue weighted by Gasteiger charge is 2.08. The molecule has 0 aliphatic heterocycles. The third kappa shape index (κ3) is 3.23. The maximum Gasteiger partial charge on any atom is 0.338 e. The number of rotatable bonds is 5. The van der Waals surface area contributed by atoms with Crippen LogP contribution in [-0.2, 0) is 11.3 Å². The van der Waals surface area contributed by atoms with Crippen LogP contribution >= 0.6 is 0 Å². The number of hydrogen-bond acceptors (Lipinski definition) is 4. The van der Waals surface area contributed by atoms with Crippen LogP contribution in [0, 0.1) is 0 Å². The lowest BCUT2D eigenvalue weighted by atomic mass is 10.1. The monoisotopic (exact) mass is 260 g/mol. The van der Waals surface area contributed by atoms with Crippen LogP contribution in [0.4, 0.5) is 0 Å². The molecule has 1 aromatic heterocycles. The standard InChI is InChI=1S/C15H16O4/c1-2-9-18-15(17)12-5-3-11(4-6-12)14-8-7-13(10-16)19-14/h3-8,16H,2,9-10H2,1H3. The zero-order valence-electron chi connectivity index (χ0n) is 10.8. The van der Waals surface area contributed by atoms with Crippen molar-refractivity contribution in [2.75, 3.05) is 6.61 Å². The van der Waals surface area contributed by atoms with Crippen LogP contribution in [0.5, 0.6) is 0 Å². The Morgan fingerprint density at radius 1 is 1.21 bits per heavy atom. The van der Waals surface area contributed by atoms with Gasteiger partial charge in [-0.1, -0.05) is 19.1 Å². The summed E-state index contributed by atoms with van der Waals surface area (Å²) >= 11 is 0. The number of esters is 1. The Morgan fingerprint density at radius 3 is 2.53 bits per heavy atom. The molecule has 2 rings (SSSR count). The smallest absolute Gasteiger partial charge is 0.338 e. The minimum atomic E-state index is -0.316. The third-order valence-electron chi connectivity index (χ3n) is 2.66. The summed E-state index contributed by atoms with van der Waals surface area (Å²) in [6.45, 7) is 2.26. The fraction of sp³-hybridized carbons (Fsp3) is 0.267. The summed E-state index contributed by atoms with van der Waals surface area (Å²) in [4.78, 5) is 11.6. The fourth-order valence-corrected chi connectivity index (χ4v) is 1.67. The van der Waals surface area contributed by atoms with Gasteiger partial charge in [0.05, 0.1) is 12.2 Å². The molecule has 0 spiro atoms. The zero-order chi connectivity index (χ0) is 13.7. The lowest BCUT2D eigenvalue weighted by molar-refractivity contribution is 0.0505. The van der Waals surface area contributed by atoms with Crippen molar-refractivity contribution in [2.45, 2.75) is 20.0 Å². The zero-order valence-corrected chi connectivity index (χ0v) is 10.8. The molecule has 0 atom stereocenters. The van der Waals surface area contributed by atoms with Gasteiger partial charge in [-0.2, -0.15) is 0 Å². The van der Waals surface area contributed by atoms with E-state index in [-0.39, 0.29) is 12.6 Å². The number of benzene rings is 1. The molecule has 0 bridgehead atoms. The predicted molar refractivity (Wildman–Crippen MR) is 70.6 cm³/mol. The van der Waals surface area contributed by atoms with Crippen molar-refractivity contribution >= 4 is 5.97 Å². The molecular formula is C15H16O4. The first kappa shape index (κ1) is 13.4. The Morgan fingerprint density at radius 2 is 1.95 bits per heavy atom. The van der Waals surface area contributed by atoms with Crippen molar-refractivity contribution in [3.8, 4) is 11.3 Å². The molecule has 0 aliphatic carbocycles. The molecule has 100 valence electrons. The van der Waals surface area contributed by atoms with E-state index in [0.717, 1.165) is 12.0 Å². The second-order valence-corrected chi connectivity index (χ2v) is 4.14. The van der Waals surface area contributed by atoms with Gasteiger partial charge in [0.25, 0.3) is 0 Å². The molecule has 0 unspecified atom stereocenters. The van der Waals surface area contributed by atoms with E-state index in [1.165, 1.54) is 0 Å². The van der Waals surface area contributed by atoms with Gasteiger partial charge in [-0.25, -0.2) is 4.79 Å². The number of hydrogen-bond donors (Lipinski definition) is 1. The van der Waals surface area contributed by atoms with Crippen molar-refractivity contribution in [1.82, 2.24) is 0 Å². The van der Waals surface area contributed by atoms with Gasteiger partial charge in [0, 0.05) is 5.56 Å². The largest absolute Gasteiger partial charge is 0.462 e. The van der Waals surface area contributed by atoms with Gasteiger partial charge in [0.1, 0.15) is 18.1 Å². The Balaban J connectivity index is 2.11. The van der Waals surface area contributed by atoms with Gasteiger partial charge in [0.2, 0.25) is 0 Å². The lowest BCUT2D eigenvalue weighted by Gasteiger charge is -2.03. The van der Waals surface area contributed by atoms with Crippen LogP contribution in [0.1, 0.15) is 29.5 Å². The van der Waals surface area contributed by atoms with Crippen molar-refractivity contribution in [2.24, 2.45) is 0 Å². The quantitative estimate of drug-likeness (QED) is 0.839. The molecule has 4 heteroatoms. The highest BCUT2D eigenvalue weighted by molar-refractivity contribution is 5.89. The molecular weight excluding hydrogens is 244 g/mol. The number of furan rings is 1. The van der Waals surface area contributed by atoms with E-state index >= 15 is 0 Å². The van der Waals surface area contributed by atoms with Gasteiger partial charge in [0.15, 0.2) is 0 Å². The van der Waals surface area contributed by atoms with Crippen LogP contribution in [-0.4, -0.2) is 17.7 Å².